The summed E-state index contributed by atoms with van der Waals surface area (Å²) in [6.07, 6.45) is 0. The number of hydrogen-bond acceptors (Lipinski definition) is 5. The van der Waals surface area contributed by atoms with Crippen LogP contribution in [-0.4, -0.2) is 16.0 Å². The summed E-state index contributed by atoms with van der Waals surface area (Å²) < 4.78 is 5.00. The molecule has 2 aromatic carbocycles. The van der Waals surface area contributed by atoms with Gasteiger partial charge in [0.15, 0.2) is 5.82 Å². The monoisotopic (exact) mass is 395 g/mol. The fraction of sp³-hybridized carbons (Fsp3) is 0.318. The number of hydrogen-bond donors (Lipinski definition) is 1. The van der Waals surface area contributed by atoms with Crippen LogP contribution in [-0.2, 0) is 5.75 Å². The molecule has 0 saturated carbocycles. The number of carbonyl (C=O) groups excluding carboxylic acids is 1. The molecule has 5 nitrogen and oxygen atoms in total. The lowest BCUT2D eigenvalue weighted by Gasteiger charge is -2.17. The Bertz CT molecular complexity index is 935. The maximum absolute atomic E-state index is 12.9. The standard InChI is InChI=1S/C22H25N3O2S/c1-14(2)17-9-11-18(12-10-17)15(3)23-22(26)19-7-5-6-8-20(19)28-13-21-24-16(4)27-25-21/h5-12,14-15H,13H2,1-4H3,(H,23,26). The highest BCUT2D eigenvalue weighted by atomic mass is 32.2. The highest BCUT2D eigenvalue weighted by Crippen LogP contribution is 2.26. The van der Waals surface area contributed by atoms with Crippen molar-refractivity contribution in [3.63, 3.8) is 0 Å². The van der Waals surface area contributed by atoms with E-state index in [4.69, 9.17) is 4.52 Å². The van der Waals surface area contributed by atoms with Crippen LogP contribution < -0.4 is 5.32 Å². The average Bonchev–Trinajstić information content (AvgIpc) is 3.11. The molecule has 0 aliphatic carbocycles. The van der Waals surface area contributed by atoms with E-state index in [1.807, 2.05) is 31.2 Å². The molecule has 0 aliphatic heterocycles. The Morgan fingerprint density at radius 3 is 2.39 bits per heavy atom. The smallest absolute Gasteiger partial charge is 0.252 e. The van der Waals surface area contributed by atoms with E-state index in [1.54, 1.807) is 6.92 Å². The Kier molecular flexibility index (Phi) is 6.52. The first-order valence-corrected chi connectivity index (χ1v) is 10.3. The van der Waals surface area contributed by atoms with Crippen molar-refractivity contribution in [2.24, 2.45) is 0 Å². The van der Waals surface area contributed by atoms with E-state index >= 15 is 0 Å². The van der Waals surface area contributed by atoms with Gasteiger partial charge < -0.3 is 9.84 Å². The van der Waals surface area contributed by atoms with E-state index in [0.717, 1.165) is 10.5 Å². The molecular formula is C22H25N3O2S. The van der Waals surface area contributed by atoms with E-state index in [2.05, 4.69) is 53.6 Å². The van der Waals surface area contributed by atoms with Gasteiger partial charge in [-0.15, -0.1) is 11.8 Å². The molecule has 3 rings (SSSR count). The van der Waals surface area contributed by atoms with Gasteiger partial charge in [0.05, 0.1) is 17.4 Å². The number of rotatable bonds is 7. The normalized spacial score (nSPS) is 12.2. The van der Waals surface area contributed by atoms with Crippen molar-refractivity contribution in [3.05, 3.63) is 76.9 Å². The Morgan fingerprint density at radius 2 is 1.75 bits per heavy atom. The molecule has 1 aromatic heterocycles. The molecule has 1 heterocycles. The van der Waals surface area contributed by atoms with Crippen LogP contribution in [0.15, 0.2) is 57.9 Å². The molecule has 0 bridgehead atoms. The molecular weight excluding hydrogens is 370 g/mol. The molecule has 1 unspecified atom stereocenters. The third-order valence-electron chi connectivity index (χ3n) is 4.51. The lowest BCUT2D eigenvalue weighted by molar-refractivity contribution is 0.0937. The molecule has 0 aliphatic rings. The minimum absolute atomic E-state index is 0.0772. The SMILES string of the molecule is Cc1nc(CSc2ccccc2C(=O)NC(C)c2ccc(C(C)C)cc2)no1. The second-order valence-corrected chi connectivity index (χ2v) is 8.05. The topological polar surface area (TPSA) is 68.0 Å². The van der Waals surface area contributed by atoms with Gasteiger partial charge in [0.1, 0.15) is 0 Å². The van der Waals surface area contributed by atoms with Crippen molar-refractivity contribution in [3.8, 4) is 0 Å². The van der Waals surface area contributed by atoms with E-state index in [0.29, 0.717) is 28.9 Å². The van der Waals surface area contributed by atoms with Crippen LogP contribution in [0, 0.1) is 6.92 Å². The molecule has 0 radical (unpaired) electrons. The van der Waals surface area contributed by atoms with Gasteiger partial charge in [-0.3, -0.25) is 4.79 Å². The first-order chi connectivity index (χ1) is 13.4. The molecule has 1 atom stereocenters. The minimum atomic E-state index is -0.0900. The number of aryl methyl sites for hydroxylation is 1. The Hall–Kier alpha value is -2.60. The molecule has 1 amide bonds. The fourth-order valence-corrected chi connectivity index (χ4v) is 3.74. The number of nitrogens with one attached hydrogen (secondary N) is 1. The molecule has 0 saturated heterocycles. The van der Waals surface area contributed by atoms with Gasteiger partial charge in [0.25, 0.3) is 5.91 Å². The molecule has 3 aromatic rings. The third kappa shape index (κ3) is 5.01. The largest absolute Gasteiger partial charge is 0.345 e. The molecule has 146 valence electrons. The first kappa shape index (κ1) is 20.1. The van der Waals surface area contributed by atoms with Gasteiger partial charge >= 0.3 is 0 Å². The van der Waals surface area contributed by atoms with Crippen molar-refractivity contribution < 1.29 is 9.32 Å². The summed E-state index contributed by atoms with van der Waals surface area (Å²) in [5.41, 5.74) is 3.03. The highest BCUT2D eigenvalue weighted by molar-refractivity contribution is 7.98. The van der Waals surface area contributed by atoms with E-state index in [-0.39, 0.29) is 11.9 Å². The van der Waals surface area contributed by atoms with Crippen molar-refractivity contribution in [2.75, 3.05) is 0 Å². The second kappa shape index (κ2) is 9.06. The van der Waals surface area contributed by atoms with E-state index in [1.165, 1.54) is 17.3 Å². The van der Waals surface area contributed by atoms with Crippen LogP contribution in [0.25, 0.3) is 0 Å². The minimum Gasteiger partial charge on any atom is -0.345 e. The molecule has 1 N–H and O–H groups in total. The summed E-state index contributed by atoms with van der Waals surface area (Å²) in [4.78, 5) is 18.0. The van der Waals surface area contributed by atoms with Crippen LogP contribution in [0.3, 0.4) is 0 Å². The summed E-state index contributed by atoms with van der Waals surface area (Å²) in [5.74, 6) is 2.11. The number of carbonyl (C=O) groups is 1. The van der Waals surface area contributed by atoms with E-state index in [9.17, 15) is 4.79 Å². The highest BCUT2D eigenvalue weighted by Gasteiger charge is 2.16. The predicted molar refractivity (Wildman–Crippen MR) is 111 cm³/mol. The summed E-state index contributed by atoms with van der Waals surface area (Å²) in [7, 11) is 0. The second-order valence-electron chi connectivity index (χ2n) is 7.03. The Balaban J connectivity index is 1.68. The zero-order valence-corrected chi connectivity index (χ0v) is 17.4. The molecule has 28 heavy (non-hydrogen) atoms. The fourth-order valence-electron chi connectivity index (χ4n) is 2.85. The number of benzene rings is 2. The summed E-state index contributed by atoms with van der Waals surface area (Å²) in [5, 5.41) is 7.01. The van der Waals surface area contributed by atoms with Crippen LogP contribution >= 0.6 is 11.8 Å². The summed E-state index contributed by atoms with van der Waals surface area (Å²) in [6.45, 7) is 8.10. The number of aromatic nitrogens is 2. The van der Waals surface area contributed by atoms with Gasteiger partial charge in [-0.1, -0.05) is 55.4 Å². The predicted octanol–water partition coefficient (Wildman–Crippen LogP) is 5.28. The van der Waals surface area contributed by atoms with E-state index < -0.39 is 0 Å². The maximum Gasteiger partial charge on any atom is 0.252 e. The molecule has 0 fully saturated rings. The van der Waals surface area contributed by atoms with Crippen molar-refractivity contribution in [2.45, 2.75) is 50.3 Å². The van der Waals surface area contributed by atoms with Crippen molar-refractivity contribution >= 4 is 17.7 Å². The van der Waals surface area contributed by atoms with Gasteiger partial charge in [-0.05, 0) is 36.1 Å². The van der Waals surface area contributed by atoms with Gasteiger partial charge in [0, 0.05) is 11.8 Å². The number of thioether (sulfide) groups is 1. The number of amides is 1. The van der Waals surface area contributed by atoms with Crippen LogP contribution in [0.5, 0.6) is 0 Å². The Labute approximate surface area is 169 Å². The van der Waals surface area contributed by atoms with Crippen LogP contribution in [0.2, 0.25) is 0 Å². The van der Waals surface area contributed by atoms with Gasteiger partial charge in [0.2, 0.25) is 5.89 Å². The first-order valence-electron chi connectivity index (χ1n) is 9.35. The third-order valence-corrected chi connectivity index (χ3v) is 5.58. The number of nitrogens with zero attached hydrogens (tertiary/aromatic N) is 2. The van der Waals surface area contributed by atoms with Gasteiger partial charge in [-0.25, -0.2) is 0 Å². The quantitative estimate of drug-likeness (QED) is 0.551. The van der Waals surface area contributed by atoms with Crippen molar-refractivity contribution in [1.29, 1.82) is 0 Å². The zero-order valence-electron chi connectivity index (χ0n) is 16.6. The van der Waals surface area contributed by atoms with Crippen LogP contribution in [0.4, 0.5) is 0 Å². The maximum atomic E-state index is 12.9. The molecule has 0 spiro atoms. The lowest BCUT2D eigenvalue weighted by atomic mass is 9.99. The van der Waals surface area contributed by atoms with Gasteiger partial charge in [-0.2, -0.15) is 4.98 Å². The molecule has 6 heteroatoms. The summed E-state index contributed by atoms with van der Waals surface area (Å²) >= 11 is 1.52. The lowest BCUT2D eigenvalue weighted by Crippen LogP contribution is -2.27. The van der Waals surface area contributed by atoms with Crippen LogP contribution in [0.1, 0.15) is 65.9 Å². The zero-order chi connectivity index (χ0) is 20.1. The van der Waals surface area contributed by atoms with Crippen molar-refractivity contribution in [1.82, 2.24) is 15.5 Å². The Morgan fingerprint density at radius 1 is 1.07 bits per heavy atom. The summed E-state index contributed by atoms with van der Waals surface area (Å²) in [6, 6.07) is 15.9. The average molecular weight is 396 g/mol.